The SMILES string of the molecule is O=C1CN(c2ccccc2-c2cc(C(=O)O)no2)CC(=O)N1. The van der Waals surface area contributed by atoms with E-state index >= 15 is 0 Å². The van der Waals surface area contributed by atoms with Gasteiger partial charge in [0.1, 0.15) is 0 Å². The molecule has 0 aliphatic carbocycles. The molecule has 112 valence electrons. The third-order valence-corrected chi connectivity index (χ3v) is 3.19. The summed E-state index contributed by atoms with van der Waals surface area (Å²) in [7, 11) is 0. The summed E-state index contributed by atoms with van der Waals surface area (Å²) in [6.07, 6.45) is 0. The van der Waals surface area contributed by atoms with Crippen molar-refractivity contribution in [1.82, 2.24) is 10.5 Å². The van der Waals surface area contributed by atoms with Gasteiger partial charge in [0, 0.05) is 17.3 Å². The third-order valence-electron chi connectivity index (χ3n) is 3.19. The Morgan fingerprint density at radius 1 is 1.23 bits per heavy atom. The van der Waals surface area contributed by atoms with Crippen LogP contribution in [0.4, 0.5) is 5.69 Å². The summed E-state index contributed by atoms with van der Waals surface area (Å²) in [4.78, 5) is 35.5. The van der Waals surface area contributed by atoms with Crippen molar-refractivity contribution in [1.29, 1.82) is 0 Å². The van der Waals surface area contributed by atoms with Crippen LogP contribution in [-0.2, 0) is 9.59 Å². The molecule has 3 rings (SSSR count). The van der Waals surface area contributed by atoms with Crippen LogP contribution in [0.3, 0.4) is 0 Å². The summed E-state index contributed by atoms with van der Waals surface area (Å²) in [5.41, 5.74) is 0.945. The molecule has 2 aromatic rings. The molecule has 8 nitrogen and oxygen atoms in total. The molecule has 0 saturated carbocycles. The number of aromatic nitrogens is 1. The second kappa shape index (κ2) is 5.32. The van der Waals surface area contributed by atoms with Gasteiger partial charge in [-0.05, 0) is 12.1 Å². The Bertz CT molecular complexity index is 751. The summed E-state index contributed by atoms with van der Waals surface area (Å²) in [5.74, 6) is -1.73. The van der Waals surface area contributed by atoms with Gasteiger partial charge in [0.25, 0.3) is 0 Å². The van der Waals surface area contributed by atoms with E-state index in [4.69, 9.17) is 9.63 Å². The molecule has 1 fully saturated rings. The average Bonchev–Trinajstić information content (AvgIpc) is 2.96. The van der Waals surface area contributed by atoms with E-state index in [0.717, 1.165) is 0 Å². The van der Waals surface area contributed by atoms with E-state index in [9.17, 15) is 14.4 Å². The number of benzene rings is 1. The van der Waals surface area contributed by atoms with Gasteiger partial charge in [-0.3, -0.25) is 14.9 Å². The van der Waals surface area contributed by atoms with Gasteiger partial charge in [0.15, 0.2) is 11.5 Å². The molecule has 0 unspecified atom stereocenters. The van der Waals surface area contributed by atoms with E-state index in [1.54, 1.807) is 29.2 Å². The minimum Gasteiger partial charge on any atom is -0.476 e. The number of imide groups is 1. The molecule has 22 heavy (non-hydrogen) atoms. The molecule has 1 aliphatic heterocycles. The molecule has 8 heteroatoms. The molecule has 0 radical (unpaired) electrons. The molecule has 2 amide bonds. The Kier molecular flexibility index (Phi) is 3.34. The number of hydrogen-bond acceptors (Lipinski definition) is 6. The maximum atomic E-state index is 11.5. The van der Waals surface area contributed by atoms with Crippen LogP contribution >= 0.6 is 0 Å². The number of hydrogen-bond donors (Lipinski definition) is 2. The number of carboxylic acid groups (broad SMARTS) is 1. The molecular weight excluding hydrogens is 290 g/mol. The fourth-order valence-electron chi connectivity index (χ4n) is 2.27. The van der Waals surface area contributed by atoms with Crippen LogP contribution in [0.15, 0.2) is 34.9 Å². The standard InChI is InChI=1S/C14H11N3O5/c18-12-6-17(7-13(19)15-12)10-4-2-1-3-8(10)11-5-9(14(20)21)16-22-11/h1-5H,6-7H2,(H,20,21)(H,15,18,19). The lowest BCUT2D eigenvalue weighted by atomic mass is 10.1. The maximum absolute atomic E-state index is 11.5. The smallest absolute Gasteiger partial charge is 0.358 e. The van der Waals surface area contributed by atoms with Crippen LogP contribution in [-0.4, -0.2) is 41.1 Å². The quantitative estimate of drug-likeness (QED) is 0.794. The number of para-hydroxylation sites is 1. The van der Waals surface area contributed by atoms with Crippen molar-refractivity contribution >= 4 is 23.5 Å². The van der Waals surface area contributed by atoms with Gasteiger partial charge in [0.2, 0.25) is 11.8 Å². The fourth-order valence-corrected chi connectivity index (χ4v) is 2.27. The zero-order valence-corrected chi connectivity index (χ0v) is 11.3. The summed E-state index contributed by atoms with van der Waals surface area (Å²) in [6, 6.07) is 8.23. The highest BCUT2D eigenvalue weighted by Gasteiger charge is 2.25. The van der Waals surface area contributed by atoms with E-state index < -0.39 is 17.8 Å². The van der Waals surface area contributed by atoms with Crippen LogP contribution in [0.2, 0.25) is 0 Å². The molecule has 1 aromatic carbocycles. The normalized spacial score (nSPS) is 14.8. The first kappa shape index (κ1) is 13.8. The van der Waals surface area contributed by atoms with E-state index in [-0.39, 0.29) is 24.5 Å². The number of carboxylic acids is 1. The lowest BCUT2D eigenvalue weighted by Crippen LogP contribution is -2.51. The first-order valence-corrected chi connectivity index (χ1v) is 6.41. The molecule has 2 heterocycles. The second-order valence-electron chi connectivity index (χ2n) is 4.73. The molecule has 1 saturated heterocycles. The molecule has 1 aromatic heterocycles. The first-order valence-electron chi connectivity index (χ1n) is 6.41. The Balaban J connectivity index is 2.00. The van der Waals surface area contributed by atoms with Gasteiger partial charge < -0.3 is 14.5 Å². The molecule has 0 spiro atoms. The number of nitrogens with one attached hydrogen (secondary N) is 1. The number of aromatic carboxylic acids is 1. The van der Waals surface area contributed by atoms with E-state index in [1.807, 2.05) is 0 Å². The monoisotopic (exact) mass is 301 g/mol. The van der Waals surface area contributed by atoms with Gasteiger partial charge in [0.05, 0.1) is 13.1 Å². The number of anilines is 1. The first-order chi connectivity index (χ1) is 10.5. The Labute approximate surface area is 124 Å². The van der Waals surface area contributed by atoms with Gasteiger partial charge in [-0.15, -0.1) is 0 Å². The van der Waals surface area contributed by atoms with Gasteiger partial charge >= 0.3 is 5.97 Å². The highest BCUT2D eigenvalue weighted by atomic mass is 16.5. The number of carbonyl (C=O) groups is 3. The van der Waals surface area contributed by atoms with Gasteiger partial charge in [-0.2, -0.15) is 0 Å². The summed E-state index contributed by atoms with van der Waals surface area (Å²) in [5, 5.41) is 14.6. The number of nitrogens with zero attached hydrogens (tertiary/aromatic N) is 2. The number of amides is 2. The van der Waals surface area contributed by atoms with E-state index in [1.165, 1.54) is 6.07 Å². The van der Waals surface area contributed by atoms with Crippen molar-refractivity contribution in [3.8, 4) is 11.3 Å². The average molecular weight is 301 g/mol. The lowest BCUT2D eigenvalue weighted by Gasteiger charge is -2.28. The molecule has 2 N–H and O–H groups in total. The van der Waals surface area contributed by atoms with Gasteiger partial charge in [-0.1, -0.05) is 17.3 Å². The van der Waals surface area contributed by atoms with Gasteiger partial charge in [-0.25, -0.2) is 4.79 Å². The largest absolute Gasteiger partial charge is 0.476 e. The third kappa shape index (κ3) is 2.53. The predicted octanol–water partition coefficient (Wildman–Crippen LogP) is 0.503. The van der Waals surface area contributed by atoms with Crippen molar-refractivity contribution < 1.29 is 24.0 Å². The summed E-state index contributed by atoms with van der Waals surface area (Å²) in [6.45, 7) is 0.0609. The van der Waals surface area contributed by atoms with Crippen LogP contribution in [0.5, 0.6) is 0 Å². The highest BCUT2D eigenvalue weighted by molar-refractivity contribution is 6.03. The van der Waals surface area contributed by atoms with Crippen molar-refractivity contribution in [3.63, 3.8) is 0 Å². The highest BCUT2D eigenvalue weighted by Crippen LogP contribution is 2.31. The zero-order valence-electron chi connectivity index (χ0n) is 11.3. The number of rotatable bonds is 3. The van der Waals surface area contributed by atoms with Crippen molar-refractivity contribution in [2.45, 2.75) is 0 Å². The minimum atomic E-state index is -1.19. The zero-order chi connectivity index (χ0) is 15.7. The van der Waals surface area contributed by atoms with Crippen molar-refractivity contribution in [3.05, 3.63) is 36.0 Å². The fraction of sp³-hybridized carbons (Fsp3) is 0.143. The van der Waals surface area contributed by atoms with Crippen molar-refractivity contribution in [2.24, 2.45) is 0 Å². The summed E-state index contributed by atoms with van der Waals surface area (Å²) >= 11 is 0. The lowest BCUT2D eigenvalue weighted by molar-refractivity contribution is -0.130. The van der Waals surface area contributed by atoms with Crippen LogP contribution in [0.25, 0.3) is 11.3 Å². The van der Waals surface area contributed by atoms with Crippen LogP contribution in [0, 0.1) is 0 Å². The van der Waals surface area contributed by atoms with E-state index in [0.29, 0.717) is 11.3 Å². The minimum absolute atomic E-state index is 0.0304. The van der Waals surface area contributed by atoms with Crippen LogP contribution in [0.1, 0.15) is 10.5 Å². The Hall–Kier alpha value is -3.16. The van der Waals surface area contributed by atoms with E-state index in [2.05, 4.69) is 10.5 Å². The maximum Gasteiger partial charge on any atom is 0.358 e. The molecular formula is C14H11N3O5. The topological polar surface area (TPSA) is 113 Å². The summed E-state index contributed by atoms with van der Waals surface area (Å²) < 4.78 is 5.05. The molecule has 0 atom stereocenters. The molecule has 0 bridgehead atoms. The van der Waals surface area contributed by atoms with Crippen molar-refractivity contribution in [2.75, 3.05) is 18.0 Å². The number of carbonyl (C=O) groups excluding carboxylic acids is 2. The molecule has 1 aliphatic rings. The second-order valence-corrected chi connectivity index (χ2v) is 4.73. The Morgan fingerprint density at radius 2 is 1.91 bits per heavy atom. The van der Waals surface area contributed by atoms with Crippen LogP contribution < -0.4 is 10.2 Å². The number of piperazine rings is 1. The Morgan fingerprint density at radius 3 is 2.55 bits per heavy atom. The predicted molar refractivity (Wildman–Crippen MR) is 74.3 cm³/mol.